The Bertz CT molecular complexity index is 1100. The first-order valence-corrected chi connectivity index (χ1v) is 16.2. The van der Waals surface area contributed by atoms with Crippen LogP contribution in [0.5, 0.6) is 0 Å². The molecule has 234 valence electrons. The number of primary amides is 1. The van der Waals surface area contributed by atoms with E-state index in [-0.39, 0.29) is 52.7 Å². The van der Waals surface area contributed by atoms with E-state index in [1.165, 1.54) is 84.2 Å². The van der Waals surface area contributed by atoms with Gasteiger partial charge in [0, 0.05) is 31.7 Å². The first-order chi connectivity index (χ1) is 20.3. The predicted molar refractivity (Wildman–Crippen MR) is 159 cm³/mol. The molecule has 0 radical (unpaired) electrons. The van der Waals surface area contributed by atoms with E-state index in [4.69, 9.17) is 15.2 Å². The maximum Gasteiger partial charge on any atom is 0.405 e. The van der Waals surface area contributed by atoms with Crippen LogP contribution in [0.2, 0.25) is 0 Å². The van der Waals surface area contributed by atoms with Gasteiger partial charge in [0.05, 0.1) is 23.0 Å². The zero-order valence-electron chi connectivity index (χ0n) is 25.7. The summed E-state index contributed by atoms with van der Waals surface area (Å²) in [6, 6.07) is -0.164. The summed E-state index contributed by atoms with van der Waals surface area (Å²) < 4.78 is 11.3. The topological polar surface area (TPSA) is 150 Å². The molecule has 4 N–H and O–H groups in total. The van der Waals surface area contributed by atoms with Crippen LogP contribution in [-0.4, -0.2) is 66.0 Å². The van der Waals surface area contributed by atoms with Crippen molar-refractivity contribution in [1.82, 2.24) is 15.5 Å². The molecule has 1 unspecified atom stereocenters. The molecular weight excluding hydrogens is 536 g/mol. The predicted octanol–water partition coefficient (Wildman–Crippen LogP) is 4.52. The summed E-state index contributed by atoms with van der Waals surface area (Å²) >= 11 is 0. The van der Waals surface area contributed by atoms with Gasteiger partial charge in [0.25, 0.3) is 0 Å². The minimum absolute atomic E-state index is 0.0145. The van der Waals surface area contributed by atoms with E-state index in [1.807, 2.05) is 0 Å². The summed E-state index contributed by atoms with van der Waals surface area (Å²) in [6.07, 6.45) is 16.6. The molecule has 3 aliphatic heterocycles. The highest BCUT2D eigenvalue weighted by atomic mass is 16.6. The van der Waals surface area contributed by atoms with E-state index < -0.39 is 23.7 Å². The van der Waals surface area contributed by atoms with Crippen LogP contribution in [0, 0.1) is 0 Å². The number of carbonyl (C=O) groups excluding carboxylic acids is 4. The standard InChI is InChI=1S/C32H50N4O6/c1-4-5-6-7-8-9-10-11-12-13-14-15-16-17-18-19-23(37)35-25-21(2)27(38)26-24(28(25)39)30(42-31(33)40)32(41-3)29-22(34-29)20-36(26)32/h22,29-30,34H,4-20H2,1-3H3,(H2,33,40)(H,35,37)/t22?,29-,30+,32-/m1/s1. The van der Waals surface area contributed by atoms with E-state index in [0.717, 1.165) is 19.3 Å². The van der Waals surface area contributed by atoms with Gasteiger partial charge in [0.1, 0.15) is 0 Å². The van der Waals surface area contributed by atoms with Crippen molar-refractivity contribution >= 4 is 23.6 Å². The molecule has 1 aliphatic carbocycles. The number of nitrogens with zero attached hydrogens (tertiary/aromatic N) is 1. The van der Waals surface area contributed by atoms with Crippen molar-refractivity contribution in [3.63, 3.8) is 0 Å². The van der Waals surface area contributed by atoms with E-state index in [0.29, 0.717) is 6.54 Å². The number of nitrogens with two attached hydrogens (primary N) is 1. The molecule has 0 spiro atoms. The lowest BCUT2D eigenvalue weighted by molar-refractivity contribution is -0.151. The lowest BCUT2D eigenvalue weighted by atomic mass is 9.88. The van der Waals surface area contributed by atoms with Crippen LogP contribution >= 0.6 is 0 Å². The van der Waals surface area contributed by atoms with Gasteiger partial charge in [-0.2, -0.15) is 0 Å². The van der Waals surface area contributed by atoms with Crippen LogP contribution in [0.3, 0.4) is 0 Å². The van der Waals surface area contributed by atoms with Crippen LogP contribution in [0.15, 0.2) is 22.5 Å². The van der Waals surface area contributed by atoms with E-state index in [1.54, 1.807) is 11.8 Å². The van der Waals surface area contributed by atoms with E-state index in [2.05, 4.69) is 17.6 Å². The molecule has 0 saturated carbocycles. The highest BCUT2D eigenvalue weighted by molar-refractivity contribution is 6.26. The number of Topliss-reactive ketones (excluding diaryl/α,β-unsaturated/α-hetero) is 2. The second kappa shape index (κ2) is 14.6. The second-order valence-corrected chi connectivity index (χ2v) is 12.3. The minimum Gasteiger partial charge on any atom is -0.436 e. The summed E-state index contributed by atoms with van der Waals surface area (Å²) in [4.78, 5) is 53.5. The van der Waals surface area contributed by atoms with Crippen LogP contribution in [0.4, 0.5) is 4.79 Å². The van der Waals surface area contributed by atoms with Crippen molar-refractivity contribution < 1.29 is 28.7 Å². The lowest BCUT2D eigenvalue weighted by Gasteiger charge is -2.38. The number of allylic oxidation sites excluding steroid dienone is 2. The molecule has 2 amide bonds. The average molecular weight is 587 g/mol. The Morgan fingerprint density at radius 2 is 1.48 bits per heavy atom. The molecule has 4 rings (SSSR count). The number of methoxy groups -OCH3 is 1. The van der Waals surface area contributed by atoms with E-state index >= 15 is 0 Å². The number of hydrogen-bond acceptors (Lipinski definition) is 8. The van der Waals surface area contributed by atoms with Gasteiger partial charge in [0.15, 0.2) is 11.8 Å². The molecule has 3 heterocycles. The molecule has 42 heavy (non-hydrogen) atoms. The van der Waals surface area contributed by atoms with Crippen molar-refractivity contribution in [3.05, 3.63) is 22.5 Å². The third kappa shape index (κ3) is 6.75. The van der Waals surface area contributed by atoms with E-state index in [9.17, 15) is 19.2 Å². The molecule has 4 aliphatic rings. The number of ketones is 2. The third-order valence-corrected chi connectivity index (χ3v) is 9.33. The van der Waals surface area contributed by atoms with Gasteiger partial charge < -0.3 is 30.7 Å². The number of unbranched alkanes of at least 4 members (excludes halogenated alkanes) is 14. The number of rotatable bonds is 19. The fraction of sp³-hybridized carbons (Fsp3) is 0.750. The number of fused-ring (bicyclic) bond motifs is 4. The van der Waals surface area contributed by atoms with Gasteiger partial charge in [-0.3, -0.25) is 14.4 Å². The Balaban J connectivity index is 1.18. The third-order valence-electron chi connectivity index (χ3n) is 9.33. The molecule has 0 bridgehead atoms. The van der Waals surface area contributed by atoms with Gasteiger partial charge in [0.2, 0.25) is 17.5 Å². The van der Waals surface area contributed by atoms with Crippen LogP contribution in [-0.2, 0) is 23.9 Å². The molecule has 0 aromatic heterocycles. The Labute approximate surface area is 250 Å². The number of ether oxygens (including phenoxy) is 2. The fourth-order valence-electron chi connectivity index (χ4n) is 6.98. The Hall–Kier alpha value is -2.72. The maximum absolute atomic E-state index is 13.7. The SMILES string of the molecule is CCCCCCCCCCCCCCCCCC(=O)NC1=C(C)C(=O)C2=C(C1=O)[C@H](OC(N)=O)[C@]1(OC)[C@@H]3NC3CN21. The van der Waals surface area contributed by atoms with Gasteiger partial charge >= 0.3 is 6.09 Å². The molecular formula is C32H50N4O6. The summed E-state index contributed by atoms with van der Waals surface area (Å²) in [7, 11) is 1.46. The monoisotopic (exact) mass is 586 g/mol. The smallest absolute Gasteiger partial charge is 0.405 e. The number of carbonyl (C=O) groups is 4. The van der Waals surface area contributed by atoms with Gasteiger partial charge in [-0.25, -0.2) is 4.79 Å². The van der Waals surface area contributed by atoms with Crippen molar-refractivity contribution in [2.45, 2.75) is 140 Å². The molecule has 2 saturated heterocycles. The van der Waals surface area contributed by atoms with Crippen molar-refractivity contribution in [3.8, 4) is 0 Å². The normalized spacial score (nSPS) is 26.0. The molecule has 2 fully saturated rings. The first kappa shape index (κ1) is 32.2. The summed E-state index contributed by atoms with van der Waals surface area (Å²) in [5.74, 6) is -1.23. The maximum atomic E-state index is 13.7. The zero-order valence-corrected chi connectivity index (χ0v) is 25.7. The summed E-state index contributed by atoms with van der Waals surface area (Å²) in [6.45, 7) is 4.23. The first-order valence-electron chi connectivity index (χ1n) is 16.2. The second-order valence-electron chi connectivity index (χ2n) is 12.3. The number of hydrogen-bond donors (Lipinski definition) is 3. The molecule has 4 atom stereocenters. The van der Waals surface area contributed by atoms with Crippen LogP contribution < -0.4 is 16.4 Å². The van der Waals surface area contributed by atoms with Gasteiger partial charge in [-0.05, 0) is 13.3 Å². The average Bonchev–Trinajstić information content (AvgIpc) is 3.58. The van der Waals surface area contributed by atoms with Gasteiger partial charge in [-0.15, -0.1) is 0 Å². The molecule has 0 aromatic rings. The molecule has 10 heteroatoms. The fourth-order valence-corrected chi connectivity index (χ4v) is 6.98. The Morgan fingerprint density at radius 3 is 2.00 bits per heavy atom. The highest BCUT2D eigenvalue weighted by Crippen LogP contribution is 2.53. The van der Waals surface area contributed by atoms with Crippen molar-refractivity contribution in [2.24, 2.45) is 5.73 Å². The highest BCUT2D eigenvalue weighted by Gasteiger charge is 2.74. The number of nitrogens with one attached hydrogen (secondary N) is 2. The number of piperazine rings is 1. The summed E-state index contributed by atoms with van der Waals surface area (Å²) in [5.41, 5.74) is 4.42. The molecule has 0 aromatic carbocycles. The zero-order chi connectivity index (χ0) is 30.3. The largest absolute Gasteiger partial charge is 0.436 e. The van der Waals surface area contributed by atoms with Crippen LogP contribution in [0.1, 0.15) is 117 Å². The lowest BCUT2D eigenvalue weighted by Crippen LogP contribution is -2.58. The Kier molecular flexibility index (Phi) is 11.2. The molecule has 10 nitrogen and oxygen atoms in total. The Morgan fingerprint density at radius 1 is 0.929 bits per heavy atom. The minimum atomic E-state index is -1.23. The van der Waals surface area contributed by atoms with Crippen LogP contribution in [0.25, 0.3) is 0 Å². The van der Waals surface area contributed by atoms with Crippen molar-refractivity contribution in [2.75, 3.05) is 13.7 Å². The number of amides is 2. The van der Waals surface area contributed by atoms with Gasteiger partial charge in [-0.1, -0.05) is 96.8 Å². The summed E-state index contributed by atoms with van der Waals surface area (Å²) in [5, 5.41) is 5.95. The van der Waals surface area contributed by atoms with Crippen molar-refractivity contribution in [1.29, 1.82) is 0 Å². The quantitative estimate of drug-likeness (QED) is 0.114.